The van der Waals surface area contributed by atoms with E-state index in [2.05, 4.69) is 16.4 Å². The number of aryl methyl sites for hydroxylation is 6. The summed E-state index contributed by atoms with van der Waals surface area (Å²) in [6.45, 7) is 17.0. The molecular formula is C47H52Cl2N6O6. The van der Waals surface area contributed by atoms with Gasteiger partial charge in [0.05, 0.1) is 54.7 Å². The number of carbonyl (C=O) groups excluding carboxylic acids is 1. The maximum absolute atomic E-state index is 15.5. The van der Waals surface area contributed by atoms with Crippen LogP contribution in [0.4, 0.5) is 5.69 Å². The van der Waals surface area contributed by atoms with Crippen LogP contribution in [0.5, 0.6) is 5.75 Å². The fourth-order valence-corrected chi connectivity index (χ4v) is 9.67. The third kappa shape index (κ3) is 8.00. The lowest BCUT2D eigenvalue weighted by Crippen LogP contribution is -2.43. The minimum atomic E-state index is -1.05. The molecule has 6 aromatic rings. The van der Waals surface area contributed by atoms with E-state index >= 15 is 4.79 Å². The van der Waals surface area contributed by atoms with Crippen molar-refractivity contribution in [2.75, 3.05) is 58.1 Å². The van der Waals surface area contributed by atoms with E-state index in [1.807, 2.05) is 75.9 Å². The summed E-state index contributed by atoms with van der Waals surface area (Å²) in [7, 11) is 1.59. The van der Waals surface area contributed by atoms with E-state index < -0.39 is 5.97 Å². The molecule has 0 saturated carbocycles. The highest BCUT2D eigenvalue weighted by atomic mass is 35.5. The Labute approximate surface area is 365 Å². The molecule has 3 aromatic carbocycles. The number of rotatable bonds is 13. The number of hydrogen-bond donors (Lipinski definition) is 1. The number of carboxylic acid groups (broad SMARTS) is 1. The van der Waals surface area contributed by atoms with Gasteiger partial charge in [0.1, 0.15) is 23.0 Å². The molecule has 2 aliphatic rings. The molecule has 61 heavy (non-hydrogen) atoms. The van der Waals surface area contributed by atoms with Gasteiger partial charge in [-0.05, 0) is 113 Å². The Morgan fingerprint density at radius 3 is 2.31 bits per heavy atom. The van der Waals surface area contributed by atoms with Crippen molar-refractivity contribution >= 4 is 62.6 Å². The van der Waals surface area contributed by atoms with E-state index in [1.165, 1.54) is 0 Å². The molecule has 2 aliphatic heterocycles. The summed E-state index contributed by atoms with van der Waals surface area (Å²) in [5.74, 6) is 0.274. The lowest BCUT2D eigenvalue weighted by molar-refractivity contribution is 0.0330. The Hall–Kier alpha value is -4.98. The Kier molecular flexibility index (Phi) is 12.2. The van der Waals surface area contributed by atoms with Crippen molar-refractivity contribution < 1.29 is 28.9 Å². The molecule has 12 nitrogen and oxygen atoms in total. The average Bonchev–Trinajstić information content (AvgIpc) is 3.76. The lowest BCUT2D eigenvalue weighted by atomic mass is 9.97. The van der Waals surface area contributed by atoms with Crippen LogP contribution >= 0.6 is 23.2 Å². The second-order valence-electron chi connectivity index (χ2n) is 16.4. The van der Waals surface area contributed by atoms with Gasteiger partial charge in [0, 0.05) is 77.6 Å². The van der Waals surface area contributed by atoms with Crippen molar-refractivity contribution in [1.29, 1.82) is 0 Å². The highest BCUT2D eigenvalue weighted by molar-refractivity contribution is 6.35. The number of ether oxygens (including phenoxy) is 3. The molecule has 5 heterocycles. The van der Waals surface area contributed by atoms with Crippen molar-refractivity contribution in [2.45, 2.75) is 73.5 Å². The molecule has 8 rings (SSSR count). The summed E-state index contributed by atoms with van der Waals surface area (Å²) >= 11 is 13.7. The first-order valence-electron chi connectivity index (χ1n) is 20.8. The fraction of sp³-hybridized carbons (Fsp3) is 0.404. The quantitative estimate of drug-likeness (QED) is 0.113. The molecule has 1 atom stereocenters. The number of morpholine rings is 1. The number of aromatic carboxylic acids is 1. The number of anilines is 1. The van der Waals surface area contributed by atoms with E-state index in [4.69, 9.17) is 47.4 Å². The number of fused-ring (bicyclic) bond motifs is 4. The smallest absolute Gasteiger partial charge is 0.352 e. The highest BCUT2D eigenvalue weighted by Crippen LogP contribution is 2.46. The molecule has 1 amide bonds. The van der Waals surface area contributed by atoms with Gasteiger partial charge in [-0.25, -0.2) is 14.8 Å². The third-order valence-corrected chi connectivity index (χ3v) is 12.9. The summed E-state index contributed by atoms with van der Waals surface area (Å²) in [5.41, 5.74) is 9.90. The van der Waals surface area contributed by atoms with Crippen molar-refractivity contribution in [2.24, 2.45) is 0 Å². The molecule has 0 aliphatic carbocycles. The lowest BCUT2D eigenvalue weighted by Gasteiger charge is -2.35. The number of carbonyl (C=O) groups is 2. The summed E-state index contributed by atoms with van der Waals surface area (Å²) in [6.07, 6.45) is 1.17. The van der Waals surface area contributed by atoms with E-state index in [1.54, 1.807) is 17.7 Å². The number of hydrogen-bond acceptors (Lipinski definition) is 8. The second-order valence-corrected chi connectivity index (χ2v) is 17.2. The predicted molar refractivity (Wildman–Crippen MR) is 240 cm³/mol. The molecule has 0 unspecified atom stereocenters. The molecular weight excluding hydrogens is 815 g/mol. The summed E-state index contributed by atoms with van der Waals surface area (Å²) in [6, 6.07) is 13.2. The Morgan fingerprint density at radius 2 is 1.64 bits per heavy atom. The first kappa shape index (κ1) is 42.7. The average molecular weight is 868 g/mol. The van der Waals surface area contributed by atoms with Crippen LogP contribution in [0, 0.1) is 34.6 Å². The first-order valence-corrected chi connectivity index (χ1v) is 21.6. The minimum absolute atomic E-state index is 0.139. The zero-order valence-corrected chi connectivity index (χ0v) is 37.3. The summed E-state index contributed by atoms with van der Waals surface area (Å²) in [5, 5.41) is 13.2. The molecule has 1 N–H and O–H groups in total. The maximum Gasteiger partial charge on any atom is 0.352 e. The molecule has 3 aromatic heterocycles. The van der Waals surface area contributed by atoms with Gasteiger partial charge in [0.2, 0.25) is 0 Å². The van der Waals surface area contributed by atoms with Crippen molar-refractivity contribution in [3.05, 3.63) is 103 Å². The van der Waals surface area contributed by atoms with E-state index in [-0.39, 0.29) is 17.6 Å². The molecule has 0 bridgehead atoms. The Bertz CT molecular complexity index is 2650. The monoisotopic (exact) mass is 866 g/mol. The number of amides is 1. The minimum Gasteiger partial charge on any atom is -0.494 e. The number of methoxy groups -OCH3 is 1. The van der Waals surface area contributed by atoms with E-state index in [0.29, 0.717) is 80.8 Å². The highest BCUT2D eigenvalue weighted by Gasteiger charge is 2.38. The Balaban J connectivity index is 1.27. The van der Waals surface area contributed by atoms with Gasteiger partial charge < -0.3 is 33.4 Å². The maximum atomic E-state index is 15.5. The topological polar surface area (TPSA) is 124 Å². The van der Waals surface area contributed by atoms with Gasteiger partial charge in [-0.3, -0.25) is 9.69 Å². The summed E-state index contributed by atoms with van der Waals surface area (Å²) in [4.78, 5) is 42.2. The van der Waals surface area contributed by atoms with Crippen LogP contribution in [0.2, 0.25) is 10.0 Å². The summed E-state index contributed by atoms with van der Waals surface area (Å²) < 4.78 is 21.2. The number of aromatic nitrogens is 4. The van der Waals surface area contributed by atoms with Crippen LogP contribution in [0.25, 0.3) is 32.9 Å². The fourth-order valence-electron chi connectivity index (χ4n) is 9.31. The number of carboxylic acids is 1. The van der Waals surface area contributed by atoms with Gasteiger partial charge >= 0.3 is 5.97 Å². The molecule has 1 saturated heterocycles. The standard InChI is InChI=1S/C47H52Cl2N6O6/c1-26-19-32-23-38(47(57)58)53(14-16-59-7)43(32)37(20-26)54-24-29(4)55-44-35(34(45(55)46(54)56)9-8-15-61-33-21-27(2)42(49)28(3)22-33)10-11-36(48)41(44)40-30(5)50-39(51-31(40)6)25-52-12-17-60-18-13-52/h10-11,19-23,29H,8-9,12-18,24-25H2,1-7H3,(H,57,58)/t29-/m1/s1. The SMILES string of the molecule is COCCn1c(C(=O)O)cc2cc(C)cc(N3C[C@@H](C)n4c(c(CCCOc5cc(C)c(Cl)c(C)c5)c5ccc(Cl)c(-c6c(C)nc(CN7CCOCC7)nc6C)c54)C3=O)c21. The number of nitrogens with zero attached hydrogens (tertiary/aromatic N) is 6. The largest absolute Gasteiger partial charge is 0.494 e. The first-order chi connectivity index (χ1) is 29.3. The molecule has 1 fully saturated rings. The number of halogens is 2. The molecule has 0 radical (unpaired) electrons. The van der Waals surface area contributed by atoms with Crippen molar-refractivity contribution in [3.63, 3.8) is 0 Å². The zero-order chi connectivity index (χ0) is 43.3. The van der Waals surface area contributed by atoms with Crippen LogP contribution in [-0.4, -0.2) is 94.2 Å². The van der Waals surface area contributed by atoms with E-state index in [0.717, 1.165) is 90.7 Å². The molecule has 0 spiro atoms. The van der Waals surface area contributed by atoms with Crippen LogP contribution in [0.1, 0.15) is 79.8 Å². The normalized spacial score (nSPS) is 15.9. The van der Waals surface area contributed by atoms with Crippen LogP contribution in [-0.2, 0) is 29.0 Å². The molecule has 14 heteroatoms. The predicted octanol–water partition coefficient (Wildman–Crippen LogP) is 9.31. The van der Waals surface area contributed by atoms with Gasteiger partial charge in [0.25, 0.3) is 5.91 Å². The Morgan fingerprint density at radius 1 is 0.934 bits per heavy atom. The van der Waals surface area contributed by atoms with Crippen LogP contribution in [0.15, 0.2) is 42.5 Å². The van der Waals surface area contributed by atoms with Crippen LogP contribution < -0.4 is 9.64 Å². The third-order valence-electron chi connectivity index (χ3n) is 12.0. The van der Waals surface area contributed by atoms with Gasteiger partial charge in [-0.2, -0.15) is 0 Å². The zero-order valence-electron chi connectivity index (χ0n) is 35.8. The van der Waals surface area contributed by atoms with E-state index in [9.17, 15) is 9.90 Å². The van der Waals surface area contributed by atoms with Gasteiger partial charge in [0.15, 0.2) is 0 Å². The van der Waals surface area contributed by atoms with Crippen molar-refractivity contribution in [3.8, 4) is 16.9 Å². The van der Waals surface area contributed by atoms with Crippen LogP contribution in [0.3, 0.4) is 0 Å². The van der Waals surface area contributed by atoms with Gasteiger partial charge in [-0.15, -0.1) is 0 Å². The van der Waals surface area contributed by atoms with Gasteiger partial charge in [-0.1, -0.05) is 29.3 Å². The second kappa shape index (κ2) is 17.4. The van der Waals surface area contributed by atoms with Crippen molar-refractivity contribution in [1.82, 2.24) is 24.0 Å². The molecule has 320 valence electrons. The number of benzene rings is 3.